The molecular formula is C33H32Cl2IN3O4S. The summed E-state index contributed by atoms with van der Waals surface area (Å²) >= 11 is 15.2. The molecule has 0 bridgehead atoms. The number of hydrogen-bond acceptors (Lipinski definition) is 4. The summed E-state index contributed by atoms with van der Waals surface area (Å²) in [5.41, 5.74) is 1.58. The fraction of sp³-hybridized carbons (Fsp3) is 0.212. The molecule has 0 saturated heterocycles. The van der Waals surface area contributed by atoms with Gasteiger partial charge in [0.15, 0.2) is 0 Å². The SMILES string of the molecule is CC(C)NC(=O)[C@H](Cc1ccccc1)N(Cc1c(Cl)cccc1Cl)C(=O)CN(c1ccc(I)cc1)S(=O)(=O)c1ccccc1. The molecule has 0 radical (unpaired) electrons. The van der Waals surface area contributed by atoms with Crippen molar-refractivity contribution in [2.75, 3.05) is 10.8 Å². The highest BCUT2D eigenvalue weighted by molar-refractivity contribution is 14.1. The number of halogens is 3. The van der Waals surface area contributed by atoms with E-state index in [0.717, 1.165) is 13.4 Å². The van der Waals surface area contributed by atoms with Gasteiger partial charge in [-0.25, -0.2) is 8.42 Å². The van der Waals surface area contributed by atoms with Gasteiger partial charge in [0.05, 0.1) is 10.6 Å². The van der Waals surface area contributed by atoms with Gasteiger partial charge in [0, 0.05) is 38.2 Å². The van der Waals surface area contributed by atoms with E-state index in [4.69, 9.17) is 23.2 Å². The van der Waals surface area contributed by atoms with Crippen molar-refractivity contribution in [3.63, 3.8) is 0 Å². The molecule has 0 aliphatic heterocycles. The number of carbonyl (C=O) groups is 2. The van der Waals surface area contributed by atoms with E-state index in [1.807, 2.05) is 44.2 Å². The number of amides is 2. The van der Waals surface area contributed by atoms with Gasteiger partial charge in [-0.05, 0) is 90.5 Å². The predicted octanol–water partition coefficient (Wildman–Crippen LogP) is 6.96. The lowest BCUT2D eigenvalue weighted by Gasteiger charge is -2.34. The van der Waals surface area contributed by atoms with Crippen molar-refractivity contribution >= 4 is 73.3 Å². The van der Waals surface area contributed by atoms with Crippen LogP contribution in [0, 0.1) is 3.57 Å². The van der Waals surface area contributed by atoms with Gasteiger partial charge in [-0.3, -0.25) is 13.9 Å². The van der Waals surface area contributed by atoms with Crippen LogP contribution in [0.25, 0.3) is 0 Å². The van der Waals surface area contributed by atoms with Gasteiger partial charge in [0.1, 0.15) is 12.6 Å². The van der Waals surface area contributed by atoms with Crippen molar-refractivity contribution in [2.24, 2.45) is 0 Å². The molecule has 0 aliphatic rings. The Morgan fingerprint density at radius 1 is 0.818 bits per heavy atom. The zero-order chi connectivity index (χ0) is 31.9. The van der Waals surface area contributed by atoms with Crippen molar-refractivity contribution in [1.82, 2.24) is 10.2 Å². The Labute approximate surface area is 282 Å². The highest BCUT2D eigenvalue weighted by Gasteiger charge is 2.35. The van der Waals surface area contributed by atoms with Crippen molar-refractivity contribution < 1.29 is 18.0 Å². The second-order valence-electron chi connectivity index (χ2n) is 10.4. The fourth-order valence-corrected chi connectivity index (χ4v) is 6.96. The standard InChI is InChI=1S/C33H32Cl2IN3O4S/c1-23(2)37-33(41)31(20-24-10-5-3-6-11-24)38(21-28-29(34)14-9-15-30(28)35)32(40)22-39(26-18-16-25(36)17-19-26)44(42,43)27-12-7-4-8-13-27/h3-19,23,31H,20-22H2,1-2H3,(H,37,41)/t31-/m0/s1. The van der Waals surface area contributed by atoms with Gasteiger partial charge in [0.25, 0.3) is 10.0 Å². The summed E-state index contributed by atoms with van der Waals surface area (Å²) in [5.74, 6) is -0.981. The van der Waals surface area contributed by atoms with Crippen LogP contribution in [0.5, 0.6) is 0 Å². The Morgan fingerprint density at radius 2 is 1.39 bits per heavy atom. The van der Waals surface area contributed by atoms with Gasteiger partial charge in [-0.1, -0.05) is 77.8 Å². The lowest BCUT2D eigenvalue weighted by Crippen LogP contribution is -2.54. The number of rotatable bonds is 12. The van der Waals surface area contributed by atoms with E-state index >= 15 is 0 Å². The minimum absolute atomic E-state index is 0.0328. The van der Waals surface area contributed by atoms with Crippen LogP contribution in [-0.4, -0.2) is 43.8 Å². The number of nitrogens with zero attached hydrogens (tertiary/aromatic N) is 2. The van der Waals surface area contributed by atoms with Crippen molar-refractivity contribution in [3.05, 3.63) is 128 Å². The normalized spacial score (nSPS) is 12.0. The third-order valence-electron chi connectivity index (χ3n) is 6.82. The van der Waals surface area contributed by atoms with Crippen LogP contribution in [0.15, 0.2) is 108 Å². The smallest absolute Gasteiger partial charge is 0.264 e. The minimum Gasteiger partial charge on any atom is -0.352 e. The lowest BCUT2D eigenvalue weighted by molar-refractivity contribution is -0.140. The summed E-state index contributed by atoms with van der Waals surface area (Å²) in [6.07, 6.45) is 0.183. The van der Waals surface area contributed by atoms with Crippen LogP contribution >= 0.6 is 45.8 Å². The monoisotopic (exact) mass is 763 g/mol. The van der Waals surface area contributed by atoms with E-state index in [0.29, 0.717) is 21.3 Å². The molecule has 230 valence electrons. The molecule has 0 unspecified atom stereocenters. The maximum absolute atomic E-state index is 14.5. The third-order valence-corrected chi connectivity index (χ3v) is 10.0. The maximum Gasteiger partial charge on any atom is 0.264 e. The molecule has 0 fully saturated rings. The summed E-state index contributed by atoms with van der Waals surface area (Å²) in [7, 11) is -4.18. The molecule has 0 aliphatic carbocycles. The lowest BCUT2D eigenvalue weighted by atomic mass is 10.0. The first kappa shape index (κ1) is 33.8. The average Bonchev–Trinajstić information content (AvgIpc) is 3.00. The van der Waals surface area contributed by atoms with Crippen LogP contribution in [0.3, 0.4) is 0 Å². The minimum atomic E-state index is -4.18. The van der Waals surface area contributed by atoms with E-state index in [-0.39, 0.29) is 29.8 Å². The molecule has 2 amide bonds. The number of sulfonamides is 1. The van der Waals surface area contributed by atoms with E-state index in [1.54, 1.807) is 60.7 Å². The molecule has 1 N–H and O–H groups in total. The Morgan fingerprint density at radius 3 is 1.95 bits per heavy atom. The van der Waals surface area contributed by atoms with Crippen molar-refractivity contribution in [1.29, 1.82) is 0 Å². The molecule has 0 spiro atoms. The highest BCUT2D eigenvalue weighted by atomic mass is 127. The summed E-state index contributed by atoms with van der Waals surface area (Å²) in [6, 6.07) is 27.9. The molecular weight excluding hydrogens is 732 g/mol. The molecule has 4 aromatic rings. The second kappa shape index (κ2) is 15.2. The first-order valence-corrected chi connectivity index (χ1v) is 17.1. The van der Waals surface area contributed by atoms with Crippen molar-refractivity contribution in [2.45, 2.75) is 43.8 Å². The summed E-state index contributed by atoms with van der Waals surface area (Å²) in [4.78, 5) is 29.7. The van der Waals surface area contributed by atoms with Crippen LogP contribution in [0.2, 0.25) is 10.0 Å². The van der Waals surface area contributed by atoms with Crippen molar-refractivity contribution in [3.8, 4) is 0 Å². The van der Waals surface area contributed by atoms with Gasteiger partial charge >= 0.3 is 0 Å². The molecule has 7 nitrogen and oxygen atoms in total. The molecule has 44 heavy (non-hydrogen) atoms. The summed E-state index contributed by atoms with van der Waals surface area (Å²) in [6.45, 7) is 2.98. The Kier molecular flexibility index (Phi) is 11.7. The first-order chi connectivity index (χ1) is 21.0. The summed E-state index contributed by atoms with van der Waals surface area (Å²) in [5, 5.41) is 3.58. The number of nitrogens with one attached hydrogen (secondary N) is 1. The zero-order valence-corrected chi connectivity index (χ0v) is 28.6. The Bertz CT molecular complexity index is 1670. The van der Waals surface area contributed by atoms with Crippen LogP contribution in [0.4, 0.5) is 5.69 Å². The van der Waals surface area contributed by atoms with E-state index in [1.165, 1.54) is 17.0 Å². The quantitative estimate of drug-likeness (QED) is 0.158. The van der Waals surface area contributed by atoms with Crippen LogP contribution in [-0.2, 0) is 32.6 Å². The molecule has 0 aromatic heterocycles. The third kappa shape index (κ3) is 8.53. The Hall–Kier alpha value is -3.12. The molecule has 0 heterocycles. The largest absolute Gasteiger partial charge is 0.352 e. The van der Waals surface area contributed by atoms with E-state index in [9.17, 15) is 18.0 Å². The molecule has 4 aromatic carbocycles. The topological polar surface area (TPSA) is 86.8 Å². The maximum atomic E-state index is 14.5. The molecule has 4 rings (SSSR count). The van der Waals surface area contributed by atoms with Crippen LogP contribution < -0.4 is 9.62 Å². The number of carbonyl (C=O) groups excluding carboxylic acids is 2. The fourth-order valence-electron chi connectivity index (χ4n) is 4.64. The van der Waals surface area contributed by atoms with Crippen LogP contribution in [0.1, 0.15) is 25.0 Å². The van der Waals surface area contributed by atoms with Gasteiger partial charge in [-0.2, -0.15) is 0 Å². The predicted molar refractivity (Wildman–Crippen MR) is 184 cm³/mol. The second-order valence-corrected chi connectivity index (χ2v) is 14.3. The van der Waals surface area contributed by atoms with Gasteiger partial charge in [-0.15, -0.1) is 0 Å². The first-order valence-electron chi connectivity index (χ1n) is 13.9. The number of benzene rings is 4. The van der Waals surface area contributed by atoms with E-state index < -0.39 is 28.5 Å². The molecule has 1 atom stereocenters. The highest BCUT2D eigenvalue weighted by Crippen LogP contribution is 2.29. The molecule has 11 heteroatoms. The van der Waals surface area contributed by atoms with E-state index in [2.05, 4.69) is 27.9 Å². The zero-order valence-electron chi connectivity index (χ0n) is 24.2. The average molecular weight is 765 g/mol. The summed E-state index contributed by atoms with van der Waals surface area (Å²) < 4.78 is 30.0. The molecule has 0 saturated carbocycles. The number of anilines is 1. The van der Waals surface area contributed by atoms with Gasteiger partial charge in [0.2, 0.25) is 11.8 Å². The Balaban J connectivity index is 1.83. The van der Waals surface area contributed by atoms with Gasteiger partial charge < -0.3 is 10.2 Å². The number of hydrogen-bond donors (Lipinski definition) is 1.